The summed E-state index contributed by atoms with van der Waals surface area (Å²) in [6.45, 7) is 0.928. The Balaban J connectivity index is 1.48. The van der Waals surface area contributed by atoms with Gasteiger partial charge in [0.15, 0.2) is 0 Å². The lowest BCUT2D eigenvalue weighted by molar-refractivity contribution is 0.0820. The van der Waals surface area contributed by atoms with Crippen LogP contribution in [0.2, 0.25) is 0 Å². The average Bonchev–Trinajstić information content (AvgIpc) is 3.20. The van der Waals surface area contributed by atoms with Gasteiger partial charge in [0.05, 0.1) is 12.1 Å². The number of hydrogen-bond donors (Lipinski definition) is 3. The molecule has 3 fully saturated rings. The molecule has 2 aliphatic carbocycles. The van der Waals surface area contributed by atoms with E-state index >= 15 is 0 Å². The summed E-state index contributed by atoms with van der Waals surface area (Å²) in [6.07, 6.45) is 7.90. The highest BCUT2D eigenvalue weighted by atomic mass is 16.5. The molecular formula is C15H26N2O3. The summed E-state index contributed by atoms with van der Waals surface area (Å²) in [5.74, 6) is 0.872. The Labute approximate surface area is 120 Å². The Morgan fingerprint density at radius 1 is 1.05 bits per heavy atom. The monoisotopic (exact) mass is 282 g/mol. The molecule has 0 aromatic rings. The molecule has 1 heterocycles. The number of carbonyl (C=O) groups is 1. The predicted octanol–water partition coefficient (Wildman–Crippen LogP) is 1.40. The van der Waals surface area contributed by atoms with Crippen molar-refractivity contribution in [2.45, 2.75) is 63.1 Å². The first kappa shape index (κ1) is 14.1. The molecule has 2 amide bonds. The topological polar surface area (TPSA) is 70.6 Å². The van der Waals surface area contributed by atoms with E-state index in [0.717, 1.165) is 38.7 Å². The van der Waals surface area contributed by atoms with Crippen molar-refractivity contribution in [3.05, 3.63) is 0 Å². The van der Waals surface area contributed by atoms with E-state index < -0.39 is 0 Å². The van der Waals surface area contributed by atoms with E-state index in [0.29, 0.717) is 5.92 Å². The van der Waals surface area contributed by atoms with Crippen molar-refractivity contribution in [1.29, 1.82) is 0 Å². The number of ether oxygens (including phenoxy) is 1. The van der Waals surface area contributed by atoms with Crippen molar-refractivity contribution in [2.24, 2.45) is 11.8 Å². The summed E-state index contributed by atoms with van der Waals surface area (Å²) >= 11 is 0. The number of urea groups is 1. The lowest BCUT2D eigenvalue weighted by Crippen LogP contribution is -2.52. The maximum absolute atomic E-state index is 12.2. The van der Waals surface area contributed by atoms with Crippen LogP contribution in [-0.4, -0.2) is 42.5 Å². The molecule has 0 spiro atoms. The van der Waals surface area contributed by atoms with Crippen molar-refractivity contribution in [3.63, 3.8) is 0 Å². The molecule has 2 saturated carbocycles. The van der Waals surface area contributed by atoms with Gasteiger partial charge in [-0.25, -0.2) is 4.79 Å². The Bertz CT molecular complexity index is 340. The van der Waals surface area contributed by atoms with E-state index in [1.165, 1.54) is 12.8 Å². The zero-order valence-corrected chi connectivity index (χ0v) is 12.0. The van der Waals surface area contributed by atoms with E-state index in [1.807, 2.05) is 0 Å². The number of nitrogens with one attached hydrogen (secondary N) is 2. The molecule has 4 atom stereocenters. The second kappa shape index (κ2) is 6.31. The second-order valence-electron chi connectivity index (χ2n) is 6.52. The molecule has 0 bridgehead atoms. The van der Waals surface area contributed by atoms with Crippen LogP contribution in [0.15, 0.2) is 0 Å². The largest absolute Gasteiger partial charge is 0.396 e. The molecular weight excluding hydrogens is 256 g/mol. The molecule has 5 heteroatoms. The van der Waals surface area contributed by atoms with Crippen LogP contribution in [0.3, 0.4) is 0 Å². The number of aliphatic hydroxyl groups is 1. The van der Waals surface area contributed by atoms with Crippen LogP contribution in [0.1, 0.15) is 44.9 Å². The Hall–Kier alpha value is -0.810. The number of carbonyl (C=O) groups excluding carboxylic acids is 1. The van der Waals surface area contributed by atoms with Crippen molar-refractivity contribution < 1.29 is 14.6 Å². The highest BCUT2D eigenvalue weighted by molar-refractivity contribution is 5.74. The van der Waals surface area contributed by atoms with Gasteiger partial charge in [-0.3, -0.25) is 0 Å². The van der Waals surface area contributed by atoms with Gasteiger partial charge in [-0.2, -0.15) is 0 Å². The third-order valence-electron chi connectivity index (χ3n) is 5.00. The molecule has 20 heavy (non-hydrogen) atoms. The molecule has 3 aliphatic rings. The zero-order chi connectivity index (χ0) is 13.9. The molecule has 1 saturated heterocycles. The molecule has 5 nitrogen and oxygen atoms in total. The standard InChI is InChI=1S/C15H26N2O3/c18-9-11-3-1-2-4-12(11)16-15(19)17-13-7-8-20-14(13)10-5-6-10/h10-14,18H,1-9H2,(H2,16,17,19)/t11-,12-,13-,14+/m1/s1. The highest BCUT2D eigenvalue weighted by Gasteiger charge is 2.41. The second-order valence-corrected chi connectivity index (χ2v) is 6.52. The molecule has 3 N–H and O–H groups in total. The fraction of sp³-hybridized carbons (Fsp3) is 0.933. The average molecular weight is 282 g/mol. The van der Waals surface area contributed by atoms with E-state index in [1.54, 1.807) is 0 Å². The lowest BCUT2D eigenvalue weighted by atomic mass is 9.85. The first-order valence-electron chi connectivity index (χ1n) is 8.07. The molecule has 0 unspecified atom stereocenters. The number of rotatable bonds is 4. The summed E-state index contributed by atoms with van der Waals surface area (Å²) in [5, 5.41) is 15.5. The van der Waals surface area contributed by atoms with Gasteiger partial charge in [0.25, 0.3) is 0 Å². The van der Waals surface area contributed by atoms with Crippen LogP contribution in [0.4, 0.5) is 4.79 Å². The Morgan fingerprint density at radius 2 is 1.80 bits per heavy atom. The fourth-order valence-electron chi connectivity index (χ4n) is 3.65. The lowest BCUT2D eigenvalue weighted by Gasteiger charge is -2.31. The third kappa shape index (κ3) is 3.26. The fourth-order valence-corrected chi connectivity index (χ4v) is 3.65. The molecule has 0 aromatic heterocycles. The van der Waals surface area contributed by atoms with E-state index in [-0.39, 0.29) is 36.7 Å². The van der Waals surface area contributed by atoms with Gasteiger partial charge in [-0.05, 0) is 38.0 Å². The summed E-state index contributed by atoms with van der Waals surface area (Å²) in [5.41, 5.74) is 0. The minimum Gasteiger partial charge on any atom is -0.396 e. The zero-order valence-electron chi connectivity index (χ0n) is 12.0. The SMILES string of the molecule is O=C(N[C@@H]1CCCC[C@@H]1CO)N[C@@H]1CCO[C@H]1C1CC1. The van der Waals surface area contributed by atoms with Crippen LogP contribution >= 0.6 is 0 Å². The van der Waals surface area contributed by atoms with Gasteiger partial charge in [-0.15, -0.1) is 0 Å². The van der Waals surface area contributed by atoms with Gasteiger partial charge in [0.2, 0.25) is 0 Å². The van der Waals surface area contributed by atoms with E-state index in [4.69, 9.17) is 4.74 Å². The summed E-state index contributed by atoms with van der Waals surface area (Å²) in [7, 11) is 0. The van der Waals surface area contributed by atoms with Crippen molar-refractivity contribution >= 4 is 6.03 Å². The van der Waals surface area contributed by atoms with Crippen molar-refractivity contribution in [2.75, 3.05) is 13.2 Å². The van der Waals surface area contributed by atoms with Crippen LogP contribution in [0.5, 0.6) is 0 Å². The smallest absolute Gasteiger partial charge is 0.315 e. The van der Waals surface area contributed by atoms with Crippen molar-refractivity contribution in [1.82, 2.24) is 10.6 Å². The quantitative estimate of drug-likeness (QED) is 0.730. The molecule has 0 radical (unpaired) electrons. The maximum Gasteiger partial charge on any atom is 0.315 e. The summed E-state index contributed by atoms with van der Waals surface area (Å²) in [4.78, 5) is 12.2. The van der Waals surface area contributed by atoms with Gasteiger partial charge in [-0.1, -0.05) is 12.8 Å². The highest BCUT2D eigenvalue weighted by Crippen LogP contribution is 2.38. The minimum atomic E-state index is -0.0866. The van der Waals surface area contributed by atoms with Gasteiger partial charge >= 0.3 is 6.03 Å². The number of aliphatic hydroxyl groups excluding tert-OH is 1. The predicted molar refractivity (Wildman–Crippen MR) is 75.4 cm³/mol. The van der Waals surface area contributed by atoms with Gasteiger partial charge in [0, 0.05) is 25.2 Å². The molecule has 114 valence electrons. The van der Waals surface area contributed by atoms with E-state index in [2.05, 4.69) is 10.6 Å². The third-order valence-corrected chi connectivity index (χ3v) is 5.00. The summed E-state index contributed by atoms with van der Waals surface area (Å²) in [6, 6.07) is 0.200. The van der Waals surface area contributed by atoms with Crippen molar-refractivity contribution in [3.8, 4) is 0 Å². The van der Waals surface area contributed by atoms with Crippen LogP contribution in [0, 0.1) is 11.8 Å². The van der Waals surface area contributed by atoms with Gasteiger partial charge < -0.3 is 20.5 Å². The van der Waals surface area contributed by atoms with E-state index in [9.17, 15) is 9.90 Å². The molecule has 0 aromatic carbocycles. The first-order chi connectivity index (χ1) is 9.78. The number of amides is 2. The van der Waals surface area contributed by atoms with Crippen LogP contribution in [0.25, 0.3) is 0 Å². The number of hydrogen-bond acceptors (Lipinski definition) is 3. The Morgan fingerprint density at radius 3 is 2.55 bits per heavy atom. The van der Waals surface area contributed by atoms with Crippen LogP contribution < -0.4 is 10.6 Å². The van der Waals surface area contributed by atoms with Crippen LogP contribution in [-0.2, 0) is 4.74 Å². The maximum atomic E-state index is 12.2. The summed E-state index contributed by atoms with van der Waals surface area (Å²) < 4.78 is 5.74. The normalized spacial score (nSPS) is 37.6. The molecule has 3 rings (SSSR count). The minimum absolute atomic E-state index is 0.0866. The van der Waals surface area contributed by atoms with Gasteiger partial charge in [0.1, 0.15) is 0 Å². The Kier molecular flexibility index (Phi) is 4.46. The molecule has 1 aliphatic heterocycles. The first-order valence-corrected chi connectivity index (χ1v) is 8.07.